The number of anilines is 1. The summed E-state index contributed by atoms with van der Waals surface area (Å²) >= 11 is 6.40. The number of nitrogens with zero attached hydrogens (tertiary/aromatic N) is 4. The van der Waals surface area contributed by atoms with E-state index in [0.29, 0.717) is 16.2 Å². The molecule has 3 aromatic heterocycles. The van der Waals surface area contributed by atoms with Crippen molar-refractivity contribution >= 4 is 39.1 Å². The summed E-state index contributed by atoms with van der Waals surface area (Å²) in [4.78, 5) is 26.4. The summed E-state index contributed by atoms with van der Waals surface area (Å²) in [7, 11) is 0. The molecule has 0 amide bonds. The van der Waals surface area contributed by atoms with Crippen LogP contribution in [0.1, 0.15) is 18.7 Å². The van der Waals surface area contributed by atoms with Gasteiger partial charge in [-0.2, -0.15) is 0 Å². The molecule has 6 nitrogen and oxygen atoms in total. The average molecular weight is 428 g/mol. The Balaban J connectivity index is 1.71. The zero-order chi connectivity index (χ0) is 21.4. The first-order valence-electron chi connectivity index (χ1n) is 9.84. The summed E-state index contributed by atoms with van der Waals surface area (Å²) in [5.74, 6) is 0.679. The van der Waals surface area contributed by atoms with Crippen molar-refractivity contribution in [2.24, 2.45) is 0 Å². The molecule has 152 valence electrons. The molecule has 7 heteroatoms. The van der Waals surface area contributed by atoms with E-state index in [2.05, 4.69) is 20.3 Å². The first-order valence-corrected chi connectivity index (χ1v) is 10.2. The van der Waals surface area contributed by atoms with Crippen LogP contribution in [0.4, 0.5) is 5.82 Å². The molecule has 5 rings (SSSR count). The average Bonchev–Trinajstić information content (AvgIpc) is 2.79. The number of hydrogen-bond donors (Lipinski definition) is 1. The zero-order valence-corrected chi connectivity index (χ0v) is 17.4. The molecule has 0 aliphatic rings. The molecule has 0 spiro atoms. The molecule has 0 saturated heterocycles. The fraction of sp³-hybridized carbons (Fsp3) is 0.0833. The molecule has 0 saturated carbocycles. The number of fused-ring (bicyclic) bond motifs is 2. The fourth-order valence-electron chi connectivity index (χ4n) is 3.80. The molecule has 31 heavy (non-hydrogen) atoms. The molecule has 1 unspecified atom stereocenters. The summed E-state index contributed by atoms with van der Waals surface area (Å²) in [5, 5.41) is 6.05. The van der Waals surface area contributed by atoms with Crippen LogP contribution in [-0.2, 0) is 0 Å². The fourth-order valence-corrected chi connectivity index (χ4v) is 4.07. The van der Waals surface area contributed by atoms with Crippen LogP contribution in [0, 0.1) is 0 Å². The van der Waals surface area contributed by atoms with Gasteiger partial charge in [0.15, 0.2) is 0 Å². The Kier molecular flexibility index (Phi) is 4.84. The van der Waals surface area contributed by atoms with Gasteiger partial charge in [-0.05, 0) is 42.6 Å². The standard InChI is InChI=1S/C24H18ClN5O/c1-15(29-23-18-10-11-26-13-20(18)27-14-28-23)21-12-16-6-5-9-19(25)22(16)24(31)30(21)17-7-3-2-4-8-17/h2-15H,1H3,(H,27,28,29). The third-order valence-corrected chi connectivity index (χ3v) is 5.59. The predicted octanol–water partition coefficient (Wildman–Crippen LogP) is 5.16. The maximum Gasteiger partial charge on any atom is 0.264 e. The molecule has 2 aromatic carbocycles. The first kappa shape index (κ1) is 19.2. The molecule has 0 aliphatic carbocycles. The van der Waals surface area contributed by atoms with Crippen LogP contribution in [0.5, 0.6) is 0 Å². The lowest BCUT2D eigenvalue weighted by atomic mass is 10.1. The first-order chi connectivity index (χ1) is 15.1. The van der Waals surface area contributed by atoms with Crippen molar-refractivity contribution in [1.29, 1.82) is 0 Å². The highest BCUT2D eigenvalue weighted by molar-refractivity contribution is 6.35. The van der Waals surface area contributed by atoms with Crippen LogP contribution >= 0.6 is 11.6 Å². The Hall–Kier alpha value is -3.77. The van der Waals surface area contributed by atoms with Gasteiger partial charge in [0.05, 0.1) is 28.2 Å². The van der Waals surface area contributed by atoms with Crippen LogP contribution in [0.2, 0.25) is 5.02 Å². The van der Waals surface area contributed by atoms with Crippen molar-refractivity contribution in [3.05, 3.63) is 100 Å². The Morgan fingerprint density at radius 3 is 2.71 bits per heavy atom. The second-order valence-corrected chi connectivity index (χ2v) is 7.64. The molecular formula is C24H18ClN5O. The van der Waals surface area contributed by atoms with Gasteiger partial charge in [0, 0.05) is 23.0 Å². The van der Waals surface area contributed by atoms with Gasteiger partial charge in [-0.15, -0.1) is 0 Å². The highest BCUT2D eigenvalue weighted by atomic mass is 35.5. The van der Waals surface area contributed by atoms with Crippen LogP contribution in [0.15, 0.2) is 84.2 Å². The van der Waals surface area contributed by atoms with E-state index in [-0.39, 0.29) is 11.6 Å². The lowest BCUT2D eigenvalue weighted by Crippen LogP contribution is -2.25. The Labute approximate surface area is 183 Å². The quantitative estimate of drug-likeness (QED) is 0.429. The molecule has 5 aromatic rings. The minimum atomic E-state index is -0.234. The van der Waals surface area contributed by atoms with Gasteiger partial charge in [-0.3, -0.25) is 14.3 Å². The molecule has 0 bridgehead atoms. The predicted molar refractivity (Wildman–Crippen MR) is 124 cm³/mol. The van der Waals surface area contributed by atoms with E-state index in [1.165, 1.54) is 6.33 Å². The summed E-state index contributed by atoms with van der Waals surface area (Å²) in [5.41, 5.74) is 2.16. The number of pyridine rings is 2. The zero-order valence-electron chi connectivity index (χ0n) is 16.7. The number of nitrogens with one attached hydrogen (secondary N) is 1. The van der Waals surface area contributed by atoms with Crippen molar-refractivity contribution in [1.82, 2.24) is 19.5 Å². The van der Waals surface area contributed by atoms with Gasteiger partial charge in [-0.25, -0.2) is 9.97 Å². The summed E-state index contributed by atoms with van der Waals surface area (Å²) < 4.78 is 1.71. The van der Waals surface area contributed by atoms with E-state index >= 15 is 0 Å². The summed E-state index contributed by atoms with van der Waals surface area (Å²) in [6.45, 7) is 2.00. The van der Waals surface area contributed by atoms with E-state index in [4.69, 9.17) is 11.6 Å². The van der Waals surface area contributed by atoms with Crippen molar-refractivity contribution < 1.29 is 0 Å². The molecule has 1 atom stereocenters. The van der Waals surface area contributed by atoms with Crippen molar-refractivity contribution in [3.8, 4) is 5.69 Å². The van der Waals surface area contributed by atoms with Crippen LogP contribution < -0.4 is 10.9 Å². The smallest absolute Gasteiger partial charge is 0.264 e. The molecular weight excluding hydrogens is 410 g/mol. The van der Waals surface area contributed by atoms with E-state index < -0.39 is 0 Å². The monoisotopic (exact) mass is 427 g/mol. The maximum atomic E-state index is 13.6. The van der Waals surface area contributed by atoms with E-state index in [1.54, 1.807) is 23.0 Å². The van der Waals surface area contributed by atoms with Crippen LogP contribution in [0.3, 0.4) is 0 Å². The maximum absolute atomic E-state index is 13.6. The van der Waals surface area contributed by atoms with Gasteiger partial charge in [0.25, 0.3) is 5.56 Å². The van der Waals surface area contributed by atoms with Gasteiger partial charge in [0.1, 0.15) is 12.1 Å². The molecule has 0 fully saturated rings. The Bertz CT molecular complexity index is 1460. The topological polar surface area (TPSA) is 72.7 Å². The second kappa shape index (κ2) is 7.81. The number of rotatable bonds is 4. The van der Waals surface area contributed by atoms with Gasteiger partial charge < -0.3 is 5.32 Å². The summed E-state index contributed by atoms with van der Waals surface area (Å²) in [6.07, 6.45) is 4.91. The van der Waals surface area contributed by atoms with E-state index in [1.807, 2.05) is 61.5 Å². The molecule has 0 radical (unpaired) electrons. The number of hydrogen-bond acceptors (Lipinski definition) is 5. The lowest BCUT2D eigenvalue weighted by Gasteiger charge is -2.22. The number of aromatic nitrogens is 4. The van der Waals surface area contributed by atoms with E-state index in [9.17, 15) is 4.79 Å². The van der Waals surface area contributed by atoms with Crippen molar-refractivity contribution in [2.75, 3.05) is 5.32 Å². The molecule has 1 N–H and O–H groups in total. The Morgan fingerprint density at radius 1 is 1.03 bits per heavy atom. The Morgan fingerprint density at radius 2 is 1.87 bits per heavy atom. The third kappa shape index (κ3) is 3.41. The van der Waals surface area contributed by atoms with Gasteiger partial charge in [-0.1, -0.05) is 41.9 Å². The second-order valence-electron chi connectivity index (χ2n) is 7.23. The summed E-state index contributed by atoms with van der Waals surface area (Å²) in [6, 6.07) is 18.7. The largest absolute Gasteiger partial charge is 0.361 e. The number of benzene rings is 2. The molecule has 3 heterocycles. The normalized spacial score (nSPS) is 12.2. The SMILES string of the molecule is CC(Nc1ncnc2cnccc12)c1cc2cccc(Cl)c2c(=O)n1-c1ccccc1. The van der Waals surface area contributed by atoms with Gasteiger partial charge in [0.2, 0.25) is 0 Å². The highest BCUT2D eigenvalue weighted by Gasteiger charge is 2.18. The molecule has 0 aliphatic heterocycles. The highest BCUT2D eigenvalue weighted by Crippen LogP contribution is 2.28. The lowest BCUT2D eigenvalue weighted by molar-refractivity contribution is 0.774. The van der Waals surface area contributed by atoms with E-state index in [0.717, 1.165) is 27.7 Å². The van der Waals surface area contributed by atoms with Crippen molar-refractivity contribution in [2.45, 2.75) is 13.0 Å². The number of para-hydroxylation sites is 1. The van der Waals surface area contributed by atoms with Crippen molar-refractivity contribution in [3.63, 3.8) is 0 Å². The third-order valence-electron chi connectivity index (χ3n) is 5.27. The van der Waals surface area contributed by atoms with Crippen LogP contribution in [-0.4, -0.2) is 19.5 Å². The number of halogens is 1. The van der Waals surface area contributed by atoms with Crippen LogP contribution in [0.25, 0.3) is 27.4 Å². The minimum absolute atomic E-state index is 0.158. The minimum Gasteiger partial charge on any atom is -0.361 e. The van der Waals surface area contributed by atoms with Gasteiger partial charge >= 0.3 is 0 Å².